The smallest absolute Gasteiger partial charge is 0.0385 e. The number of hydrogen-bond donors (Lipinski definition) is 3. The summed E-state index contributed by atoms with van der Waals surface area (Å²) in [4.78, 5) is 0. The highest BCUT2D eigenvalue weighted by atomic mass is 14.9. The van der Waals surface area contributed by atoms with Crippen LogP contribution in [0, 0.1) is 0 Å². The Kier molecular flexibility index (Phi) is 6.34. The Morgan fingerprint density at radius 1 is 0.484 bits per heavy atom. The van der Waals surface area contributed by atoms with Crippen LogP contribution in [0.5, 0.6) is 0 Å². The van der Waals surface area contributed by atoms with E-state index >= 15 is 0 Å². The third-order valence-corrected chi connectivity index (χ3v) is 5.15. The summed E-state index contributed by atoms with van der Waals surface area (Å²) < 4.78 is 0. The second-order valence-electron chi connectivity index (χ2n) is 7.38. The van der Waals surface area contributed by atoms with Crippen LogP contribution in [-0.2, 0) is 0 Å². The van der Waals surface area contributed by atoms with Crippen molar-refractivity contribution in [3.05, 3.63) is 113 Å². The highest BCUT2D eigenvalue weighted by molar-refractivity contribution is 5.67. The van der Waals surface area contributed by atoms with Gasteiger partial charge in [-0.15, -0.1) is 0 Å². The lowest BCUT2D eigenvalue weighted by Crippen LogP contribution is -2.06. The molecule has 0 saturated heterocycles. The summed E-state index contributed by atoms with van der Waals surface area (Å²) in [5, 5.41) is 12.5. The van der Waals surface area contributed by atoms with Gasteiger partial charge < -0.3 is 16.0 Å². The molecule has 0 aliphatic rings. The molecule has 0 aliphatic heterocycles. The van der Waals surface area contributed by atoms with E-state index in [0.717, 1.165) is 28.4 Å². The molecule has 0 heterocycles. The predicted octanol–water partition coefficient (Wildman–Crippen LogP) is 5.84. The van der Waals surface area contributed by atoms with Gasteiger partial charge in [0.1, 0.15) is 0 Å². The first-order valence-electron chi connectivity index (χ1n) is 10.5. The SMILES string of the molecule is CC=c1ccc(=Cc2ccc(Nc3ccc(Nc4ccc(NC)cc4)cc3)cc2)cc1. The van der Waals surface area contributed by atoms with E-state index in [4.69, 9.17) is 0 Å². The van der Waals surface area contributed by atoms with E-state index in [-0.39, 0.29) is 0 Å². The zero-order chi connectivity index (χ0) is 21.5. The lowest BCUT2D eigenvalue weighted by atomic mass is 10.1. The molecule has 0 bridgehead atoms. The van der Waals surface area contributed by atoms with Gasteiger partial charge in [0.2, 0.25) is 0 Å². The second kappa shape index (κ2) is 9.68. The van der Waals surface area contributed by atoms with E-state index in [9.17, 15) is 0 Å². The van der Waals surface area contributed by atoms with Crippen molar-refractivity contribution in [2.24, 2.45) is 0 Å². The van der Waals surface area contributed by atoms with E-state index in [1.54, 1.807) is 0 Å². The molecule has 3 N–H and O–H groups in total. The Morgan fingerprint density at radius 2 is 0.871 bits per heavy atom. The van der Waals surface area contributed by atoms with Crippen LogP contribution in [0.1, 0.15) is 12.5 Å². The minimum Gasteiger partial charge on any atom is -0.388 e. The highest BCUT2D eigenvalue weighted by Crippen LogP contribution is 2.22. The quantitative estimate of drug-likeness (QED) is 0.377. The van der Waals surface area contributed by atoms with Crippen molar-refractivity contribution in [2.45, 2.75) is 6.92 Å². The van der Waals surface area contributed by atoms with Crippen LogP contribution in [-0.4, -0.2) is 7.05 Å². The van der Waals surface area contributed by atoms with E-state index in [1.807, 2.05) is 7.05 Å². The maximum atomic E-state index is 3.46. The molecule has 0 spiro atoms. The lowest BCUT2D eigenvalue weighted by molar-refractivity contribution is 1.48. The molecule has 0 saturated carbocycles. The summed E-state index contributed by atoms with van der Waals surface area (Å²) in [6.45, 7) is 2.05. The molecule has 0 radical (unpaired) electrons. The average molecular weight is 406 g/mol. The van der Waals surface area contributed by atoms with E-state index in [1.165, 1.54) is 16.0 Å². The molecule has 3 nitrogen and oxygen atoms in total. The first kappa shape index (κ1) is 20.3. The summed E-state index contributed by atoms with van der Waals surface area (Å²) >= 11 is 0. The summed E-state index contributed by atoms with van der Waals surface area (Å²) in [5.41, 5.74) is 6.52. The molecule has 0 aromatic heterocycles. The highest BCUT2D eigenvalue weighted by Gasteiger charge is 1.98. The van der Waals surface area contributed by atoms with Gasteiger partial charge in [-0.1, -0.05) is 42.5 Å². The monoisotopic (exact) mass is 405 g/mol. The van der Waals surface area contributed by atoms with Crippen molar-refractivity contribution in [1.29, 1.82) is 0 Å². The molecule has 4 aromatic rings. The Balaban J connectivity index is 1.39. The number of rotatable bonds is 6. The Hall–Kier alpha value is -3.98. The van der Waals surface area contributed by atoms with Crippen LogP contribution in [0.15, 0.2) is 97.1 Å². The van der Waals surface area contributed by atoms with Crippen LogP contribution in [0.4, 0.5) is 28.4 Å². The van der Waals surface area contributed by atoms with Crippen LogP contribution in [0.3, 0.4) is 0 Å². The molecule has 154 valence electrons. The van der Waals surface area contributed by atoms with E-state index in [0.29, 0.717) is 0 Å². The van der Waals surface area contributed by atoms with Gasteiger partial charge in [0.15, 0.2) is 0 Å². The normalized spacial score (nSPS) is 10.3. The van der Waals surface area contributed by atoms with Crippen molar-refractivity contribution in [1.82, 2.24) is 0 Å². The van der Waals surface area contributed by atoms with Gasteiger partial charge in [-0.25, -0.2) is 0 Å². The van der Waals surface area contributed by atoms with Gasteiger partial charge >= 0.3 is 0 Å². The largest absolute Gasteiger partial charge is 0.388 e. The zero-order valence-electron chi connectivity index (χ0n) is 17.9. The maximum absolute atomic E-state index is 3.46. The van der Waals surface area contributed by atoms with Crippen LogP contribution >= 0.6 is 0 Å². The van der Waals surface area contributed by atoms with Gasteiger partial charge in [-0.3, -0.25) is 0 Å². The molecule has 0 amide bonds. The van der Waals surface area contributed by atoms with E-state index in [2.05, 4.69) is 132 Å². The molecule has 0 aliphatic carbocycles. The van der Waals surface area contributed by atoms with Crippen molar-refractivity contribution in [3.8, 4) is 0 Å². The number of nitrogens with one attached hydrogen (secondary N) is 3. The first-order valence-corrected chi connectivity index (χ1v) is 10.5. The third-order valence-electron chi connectivity index (χ3n) is 5.15. The average Bonchev–Trinajstić information content (AvgIpc) is 2.82. The topological polar surface area (TPSA) is 36.1 Å². The van der Waals surface area contributed by atoms with Crippen molar-refractivity contribution in [2.75, 3.05) is 23.0 Å². The van der Waals surface area contributed by atoms with Crippen LogP contribution in [0.25, 0.3) is 12.2 Å². The predicted molar refractivity (Wildman–Crippen MR) is 135 cm³/mol. The fraction of sp³-hybridized carbons (Fsp3) is 0.0714. The maximum Gasteiger partial charge on any atom is 0.0385 e. The summed E-state index contributed by atoms with van der Waals surface area (Å²) in [6.07, 6.45) is 4.29. The molecule has 31 heavy (non-hydrogen) atoms. The molecule has 3 heteroatoms. The third kappa shape index (κ3) is 5.55. The molecule has 4 aromatic carbocycles. The second-order valence-corrected chi connectivity index (χ2v) is 7.38. The fourth-order valence-corrected chi connectivity index (χ4v) is 3.33. The van der Waals surface area contributed by atoms with Gasteiger partial charge in [-0.2, -0.15) is 0 Å². The minimum absolute atomic E-state index is 1.05. The number of hydrogen-bond acceptors (Lipinski definition) is 3. The first-order chi connectivity index (χ1) is 15.2. The molecular formula is C28H27N3. The Morgan fingerprint density at radius 3 is 1.29 bits per heavy atom. The van der Waals surface area contributed by atoms with Gasteiger partial charge in [0.25, 0.3) is 0 Å². The van der Waals surface area contributed by atoms with Crippen molar-refractivity contribution >= 4 is 40.6 Å². The molecule has 0 unspecified atom stereocenters. The zero-order valence-corrected chi connectivity index (χ0v) is 17.9. The fourth-order valence-electron chi connectivity index (χ4n) is 3.33. The van der Waals surface area contributed by atoms with Gasteiger partial charge in [-0.05, 0) is 89.7 Å². The van der Waals surface area contributed by atoms with E-state index < -0.39 is 0 Å². The van der Waals surface area contributed by atoms with Crippen LogP contribution < -0.4 is 26.4 Å². The van der Waals surface area contributed by atoms with Gasteiger partial charge in [0.05, 0.1) is 0 Å². The minimum atomic E-state index is 1.05. The Labute approximate surface area is 183 Å². The van der Waals surface area contributed by atoms with Gasteiger partial charge in [0, 0.05) is 35.5 Å². The van der Waals surface area contributed by atoms with Crippen molar-refractivity contribution in [3.63, 3.8) is 0 Å². The molecular weight excluding hydrogens is 378 g/mol. The molecule has 0 fully saturated rings. The summed E-state index contributed by atoms with van der Waals surface area (Å²) in [7, 11) is 1.92. The number of benzene rings is 4. The molecule has 4 rings (SSSR count). The number of anilines is 5. The summed E-state index contributed by atoms with van der Waals surface area (Å²) in [6, 6.07) is 33.6. The van der Waals surface area contributed by atoms with Crippen molar-refractivity contribution < 1.29 is 0 Å². The standard InChI is InChI=1S/C28H27N3/c1-3-21-4-6-22(7-5-21)20-23-8-10-25(11-9-23)30-27-16-18-28(19-17-27)31-26-14-12-24(29-2)13-15-26/h3-20,29-31H,1-2H3. The Bertz CT molecular complexity index is 1220. The summed E-state index contributed by atoms with van der Waals surface area (Å²) in [5.74, 6) is 0. The molecule has 0 atom stereocenters. The lowest BCUT2D eigenvalue weighted by Gasteiger charge is -2.10. The van der Waals surface area contributed by atoms with Crippen LogP contribution in [0.2, 0.25) is 0 Å².